The molecule has 7 heavy (non-hydrogen) atoms. The minimum absolute atomic E-state index is 0. The molecule has 1 unspecified atom stereocenters. The van der Waals surface area contributed by atoms with Crippen LogP contribution in [0.5, 0.6) is 0 Å². The maximum absolute atomic E-state index is 5.32. The van der Waals surface area contributed by atoms with Crippen molar-refractivity contribution in [2.24, 2.45) is 0 Å². The Hall–Kier alpha value is 1.73. The zero-order chi connectivity index (χ0) is 4.99. The van der Waals surface area contributed by atoms with Crippen LogP contribution in [0.2, 0.25) is 0 Å². The van der Waals surface area contributed by atoms with Gasteiger partial charge < -0.3 is 0 Å². The third-order valence-electron chi connectivity index (χ3n) is 0.169. The second kappa shape index (κ2) is 7.73. The molecule has 0 aromatic carbocycles. The van der Waals surface area contributed by atoms with Crippen molar-refractivity contribution in [3.63, 3.8) is 0 Å². The van der Waals surface area contributed by atoms with E-state index in [1.165, 1.54) is 5.54 Å². The molecule has 0 saturated heterocycles. The van der Waals surface area contributed by atoms with Crippen LogP contribution in [0.3, 0.4) is 0 Å². The molecule has 44 valence electrons. The first-order valence-electron chi connectivity index (χ1n) is 1.15. The van der Waals surface area contributed by atoms with Gasteiger partial charge >= 0.3 is 72.6 Å². The molecule has 0 radical (unpaired) electrons. The molecule has 0 saturated carbocycles. The summed E-state index contributed by atoms with van der Waals surface area (Å²) in [6, 6.07) is 0. The summed E-state index contributed by atoms with van der Waals surface area (Å²) < 4.78 is 0. The molecule has 0 aliphatic heterocycles. The molecule has 5 heteroatoms. The van der Waals surface area contributed by atoms with E-state index in [9.17, 15) is 0 Å². The predicted octanol–water partition coefficient (Wildman–Crippen LogP) is 1.06. The van der Waals surface area contributed by atoms with Crippen molar-refractivity contribution in [1.82, 2.24) is 0 Å². The van der Waals surface area contributed by atoms with Gasteiger partial charge in [-0.05, 0) is 0 Å². The van der Waals surface area contributed by atoms with Crippen molar-refractivity contribution < 1.29 is 0 Å². The minimum atomic E-state index is -1.59. The molecular formula is C2H5As2Cl3. The van der Waals surface area contributed by atoms with E-state index in [1.807, 2.05) is 0 Å². The van der Waals surface area contributed by atoms with Crippen molar-refractivity contribution in [3.8, 4) is 0 Å². The summed E-state index contributed by atoms with van der Waals surface area (Å²) in [5, 5.41) is 0. The Morgan fingerprint density at radius 3 is 1.71 bits per heavy atom. The Labute approximate surface area is 72.1 Å². The van der Waals surface area contributed by atoms with Crippen LogP contribution in [0.25, 0.3) is 0 Å². The van der Waals surface area contributed by atoms with Gasteiger partial charge in [-0.15, -0.1) is 0 Å². The van der Waals surface area contributed by atoms with Gasteiger partial charge in [0.2, 0.25) is 0 Å². The van der Waals surface area contributed by atoms with E-state index >= 15 is 0 Å². The molecule has 0 aliphatic carbocycles. The molecule has 0 heterocycles. The van der Waals surface area contributed by atoms with Gasteiger partial charge in [0.15, 0.2) is 0 Å². The average molecular weight is 285 g/mol. The molecule has 0 bridgehead atoms. The molecule has 0 fully saturated rings. The topological polar surface area (TPSA) is 0 Å². The molecule has 0 nitrogen and oxygen atoms in total. The van der Waals surface area contributed by atoms with Crippen LogP contribution >= 0.6 is 31.5 Å². The second-order valence-electron chi connectivity index (χ2n) is 0.534. The summed E-state index contributed by atoms with van der Waals surface area (Å²) in [5.74, 6) is 0. The molecule has 0 rings (SSSR count). The van der Waals surface area contributed by atoms with Gasteiger partial charge in [-0.1, -0.05) is 0 Å². The van der Waals surface area contributed by atoms with E-state index in [-0.39, 0.29) is 18.0 Å². The first kappa shape index (κ1) is 11.5. The third kappa shape index (κ3) is 11.3. The number of rotatable bonds is 1. The first-order chi connectivity index (χ1) is 2.77. The van der Waals surface area contributed by atoms with Gasteiger partial charge in [0, 0.05) is 0 Å². The van der Waals surface area contributed by atoms with Crippen LogP contribution in [0.4, 0.5) is 0 Å². The van der Waals surface area contributed by atoms with E-state index in [0.29, 0.717) is 0 Å². The second-order valence-corrected chi connectivity index (χ2v) is 7.18. The van der Waals surface area contributed by atoms with Crippen LogP contribution < -0.4 is 0 Å². The van der Waals surface area contributed by atoms with E-state index < -0.39 is 12.8 Å². The average Bonchev–Trinajstić information content (AvgIpc) is 1.35. The Bertz CT molecular complexity index is 52.9. The number of hydrogen-bond donors (Lipinski definition) is 0. The van der Waals surface area contributed by atoms with Gasteiger partial charge in [0.05, 0.1) is 0 Å². The van der Waals surface area contributed by atoms with E-state index in [1.54, 1.807) is 4.86 Å². The van der Waals surface area contributed by atoms with Gasteiger partial charge in [-0.3, -0.25) is 0 Å². The molecule has 0 aliphatic rings. The summed E-state index contributed by atoms with van der Waals surface area (Å²) in [5.41, 5.74) is 1.35. The maximum atomic E-state index is 5.32. The first-order valence-corrected chi connectivity index (χ1v) is 7.60. The van der Waals surface area contributed by atoms with Crippen LogP contribution in [0.1, 0.15) is 0 Å². The Kier molecular flexibility index (Phi) is 12.7. The van der Waals surface area contributed by atoms with Gasteiger partial charge in [0.1, 0.15) is 0 Å². The van der Waals surface area contributed by atoms with Crippen molar-refractivity contribution in [3.05, 3.63) is 10.4 Å². The summed E-state index contributed by atoms with van der Waals surface area (Å²) in [6.45, 7) is 0. The monoisotopic (exact) mass is 284 g/mol. The van der Waals surface area contributed by atoms with Gasteiger partial charge in [-0.2, -0.15) is 0 Å². The van der Waals surface area contributed by atoms with E-state index in [0.717, 1.165) is 0 Å². The molecular weight excluding hydrogens is 280 g/mol. The van der Waals surface area contributed by atoms with Crippen LogP contribution in [0, 0.1) is 0 Å². The predicted molar refractivity (Wildman–Crippen MR) is 42.4 cm³/mol. The van der Waals surface area contributed by atoms with Crippen LogP contribution in [-0.2, 0) is 0 Å². The van der Waals surface area contributed by atoms with E-state index in [4.69, 9.17) is 31.5 Å². The third-order valence-corrected chi connectivity index (χ3v) is 2.63. The summed E-state index contributed by atoms with van der Waals surface area (Å²) >= 11 is 3.49. The zero-order valence-corrected chi connectivity index (χ0v) is 10.6. The zero-order valence-electron chi connectivity index (χ0n) is 3.44. The van der Waals surface area contributed by atoms with Crippen molar-refractivity contribution in [2.75, 3.05) is 0 Å². The Morgan fingerprint density at radius 2 is 1.71 bits per heavy atom. The molecule has 0 amide bonds. The molecule has 0 spiro atoms. The molecule has 0 aromatic rings. The SMILES string of the molecule is Cl/C=C/[As](Cl)Cl.[AsH3]. The summed E-state index contributed by atoms with van der Waals surface area (Å²) in [4.78, 5) is 1.61. The van der Waals surface area contributed by atoms with Gasteiger partial charge in [-0.25, -0.2) is 0 Å². The fourth-order valence-corrected chi connectivity index (χ4v) is 1.99. The molecule has 1 atom stereocenters. The van der Waals surface area contributed by atoms with Gasteiger partial charge in [0.25, 0.3) is 0 Å². The number of halogens is 3. The Morgan fingerprint density at radius 1 is 1.29 bits per heavy atom. The van der Waals surface area contributed by atoms with Crippen LogP contribution in [-0.4, -0.2) is 30.7 Å². The van der Waals surface area contributed by atoms with E-state index in [2.05, 4.69) is 0 Å². The van der Waals surface area contributed by atoms with Crippen molar-refractivity contribution in [1.29, 1.82) is 0 Å². The number of hydrogen-bond acceptors (Lipinski definition) is 0. The fraction of sp³-hybridized carbons (Fsp3) is 0. The molecule has 0 aromatic heterocycles. The summed E-state index contributed by atoms with van der Waals surface area (Å²) in [6.07, 6.45) is 0. The molecule has 0 N–H and O–H groups in total. The quantitative estimate of drug-likeness (QED) is 0.632. The van der Waals surface area contributed by atoms with Crippen LogP contribution in [0.15, 0.2) is 10.4 Å². The standard InChI is InChI=1S/C2H2AsCl3.AsH3/c4-2-1-3(5)6;/h1-2H;1H3/b2-1+;. The Balaban J connectivity index is 0. The van der Waals surface area contributed by atoms with Crippen molar-refractivity contribution in [2.45, 2.75) is 0 Å². The normalized spacial score (nSPS) is 9.71. The fourth-order valence-electron chi connectivity index (χ4n) is 0.0426. The van der Waals surface area contributed by atoms with Crippen molar-refractivity contribution >= 4 is 62.2 Å². The summed E-state index contributed by atoms with van der Waals surface area (Å²) in [7, 11) is 10.6.